The number of nitrogens with two attached hydrogens (primary N) is 1. The van der Waals surface area contributed by atoms with E-state index in [1.165, 1.54) is 11.1 Å². The van der Waals surface area contributed by atoms with E-state index in [1.807, 2.05) is 6.92 Å². The van der Waals surface area contributed by atoms with Crippen molar-refractivity contribution in [1.82, 2.24) is 5.32 Å². The van der Waals surface area contributed by atoms with E-state index in [9.17, 15) is 4.79 Å². The highest BCUT2D eigenvalue weighted by molar-refractivity contribution is 5.76. The largest absolute Gasteiger partial charge is 0.376 e. The standard InChI is InChI=1S/C18H26N2O2/c1-2-17(21)20-15-6-3-5-12-8-9-13(11-14(12)15)18(19)16-7-4-10-22-16/h8-9,11,15-16,18H,2-7,10,19H2,1H3,(H,20,21). The van der Waals surface area contributed by atoms with E-state index in [4.69, 9.17) is 10.5 Å². The number of benzene rings is 1. The van der Waals surface area contributed by atoms with Gasteiger partial charge in [0.05, 0.1) is 18.2 Å². The zero-order valence-corrected chi connectivity index (χ0v) is 13.3. The lowest BCUT2D eigenvalue weighted by atomic mass is 9.85. The topological polar surface area (TPSA) is 64.4 Å². The fraction of sp³-hybridized carbons (Fsp3) is 0.611. The van der Waals surface area contributed by atoms with Crippen molar-refractivity contribution in [3.05, 3.63) is 34.9 Å². The number of carbonyl (C=O) groups is 1. The molecule has 1 aliphatic carbocycles. The number of amides is 1. The quantitative estimate of drug-likeness (QED) is 0.899. The highest BCUT2D eigenvalue weighted by atomic mass is 16.5. The number of nitrogens with one attached hydrogen (secondary N) is 1. The smallest absolute Gasteiger partial charge is 0.220 e. The molecule has 4 nitrogen and oxygen atoms in total. The number of ether oxygens (including phenoxy) is 1. The molecule has 0 saturated carbocycles. The van der Waals surface area contributed by atoms with E-state index >= 15 is 0 Å². The average Bonchev–Trinajstić information content (AvgIpc) is 3.08. The minimum absolute atomic E-state index is 0.0720. The Labute approximate surface area is 132 Å². The molecule has 3 unspecified atom stereocenters. The minimum Gasteiger partial charge on any atom is -0.376 e. The van der Waals surface area contributed by atoms with Gasteiger partial charge in [0.1, 0.15) is 0 Å². The molecule has 120 valence electrons. The first-order valence-corrected chi connectivity index (χ1v) is 8.48. The van der Waals surface area contributed by atoms with Gasteiger partial charge in [-0.3, -0.25) is 4.79 Å². The molecule has 0 radical (unpaired) electrons. The van der Waals surface area contributed by atoms with Crippen LogP contribution in [0.5, 0.6) is 0 Å². The predicted octanol–water partition coefficient (Wildman–Crippen LogP) is 2.77. The average molecular weight is 302 g/mol. The molecule has 0 bridgehead atoms. The predicted molar refractivity (Wildman–Crippen MR) is 86.5 cm³/mol. The van der Waals surface area contributed by atoms with Gasteiger partial charge in [0.25, 0.3) is 0 Å². The molecule has 4 heteroatoms. The lowest BCUT2D eigenvalue weighted by molar-refractivity contribution is -0.121. The SMILES string of the molecule is CCC(=O)NC1CCCc2ccc(C(N)C3CCCO3)cc21. The van der Waals surface area contributed by atoms with Gasteiger partial charge in [-0.15, -0.1) is 0 Å². The number of hydrogen-bond acceptors (Lipinski definition) is 3. The monoisotopic (exact) mass is 302 g/mol. The van der Waals surface area contributed by atoms with Gasteiger partial charge in [0, 0.05) is 13.0 Å². The van der Waals surface area contributed by atoms with Crippen LogP contribution in [0.3, 0.4) is 0 Å². The van der Waals surface area contributed by atoms with Crippen LogP contribution in [-0.2, 0) is 16.0 Å². The van der Waals surface area contributed by atoms with E-state index in [-0.39, 0.29) is 24.1 Å². The fourth-order valence-electron chi connectivity index (χ4n) is 3.57. The van der Waals surface area contributed by atoms with Crippen LogP contribution in [-0.4, -0.2) is 18.6 Å². The molecular weight excluding hydrogens is 276 g/mol. The summed E-state index contributed by atoms with van der Waals surface area (Å²) in [4.78, 5) is 11.8. The summed E-state index contributed by atoms with van der Waals surface area (Å²) < 4.78 is 5.73. The van der Waals surface area contributed by atoms with Crippen molar-refractivity contribution in [1.29, 1.82) is 0 Å². The summed E-state index contributed by atoms with van der Waals surface area (Å²) in [6.45, 7) is 2.71. The third-order valence-corrected chi connectivity index (χ3v) is 4.89. The number of carbonyl (C=O) groups excluding carboxylic acids is 1. The lowest BCUT2D eigenvalue weighted by Crippen LogP contribution is -2.31. The highest BCUT2D eigenvalue weighted by Gasteiger charge is 2.27. The molecule has 3 rings (SSSR count). The summed E-state index contributed by atoms with van der Waals surface area (Å²) >= 11 is 0. The third-order valence-electron chi connectivity index (χ3n) is 4.89. The second-order valence-corrected chi connectivity index (χ2v) is 6.40. The van der Waals surface area contributed by atoms with Crippen molar-refractivity contribution in [2.75, 3.05) is 6.61 Å². The maximum absolute atomic E-state index is 11.8. The van der Waals surface area contributed by atoms with Crippen LogP contribution in [0.15, 0.2) is 18.2 Å². The highest BCUT2D eigenvalue weighted by Crippen LogP contribution is 2.33. The van der Waals surface area contributed by atoms with Crippen LogP contribution in [0.4, 0.5) is 0 Å². The number of hydrogen-bond donors (Lipinski definition) is 2. The molecule has 1 amide bonds. The first kappa shape index (κ1) is 15.5. The molecule has 0 spiro atoms. The van der Waals surface area contributed by atoms with Gasteiger partial charge in [0.2, 0.25) is 5.91 Å². The van der Waals surface area contributed by atoms with Crippen molar-refractivity contribution in [3.8, 4) is 0 Å². The van der Waals surface area contributed by atoms with Crippen LogP contribution < -0.4 is 11.1 Å². The Morgan fingerprint density at radius 3 is 3.00 bits per heavy atom. The summed E-state index contributed by atoms with van der Waals surface area (Å²) in [6.07, 6.45) is 6.01. The molecule has 1 fully saturated rings. The maximum Gasteiger partial charge on any atom is 0.220 e. The molecule has 1 aromatic carbocycles. The van der Waals surface area contributed by atoms with Crippen molar-refractivity contribution < 1.29 is 9.53 Å². The fourth-order valence-corrected chi connectivity index (χ4v) is 3.57. The van der Waals surface area contributed by atoms with Gasteiger partial charge in [-0.25, -0.2) is 0 Å². The second kappa shape index (κ2) is 6.80. The third kappa shape index (κ3) is 3.18. The van der Waals surface area contributed by atoms with Gasteiger partial charge in [-0.05, 0) is 48.8 Å². The summed E-state index contributed by atoms with van der Waals surface area (Å²) in [7, 11) is 0. The normalized spacial score (nSPS) is 25.5. The van der Waals surface area contributed by atoms with Gasteiger partial charge in [-0.1, -0.05) is 25.1 Å². The van der Waals surface area contributed by atoms with Crippen LogP contribution in [0, 0.1) is 0 Å². The minimum atomic E-state index is -0.0720. The van der Waals surface area contributed by atoms with Crippen molar-refractivity contribution >= 4 is 5.91 Å². The number of aryl methyl sites for hydroxylation is 1. The lowest BCUT2D eigenvalue weighted by Gasteiger charge is -2.28. The molecule has 1 aliphatic heterocycles. The van der Waals surface area contributed by atoms with Gasteiger partial charge >= 0.3 is 0 Å². The first-order chi connectivity index (χ1) is 10.7. The van der Waals surface area contributed by atoms with Crippen molar-refractivity contribution in [2.24, 2.45) is 5.73 Å². The Balaban J connectivity index is 1.83. The Morgan fingerprint density at radius 2 is 2.27 bits per heavy atom. The van der Waals surface area contributed by atoms with Gasteiger partial charge < -0.3 is 15.8 Å². The van der Waals surface area contributed by atoms with Crippen molar-refractivity contribution in [2.45, 2.75) is 63.6 Å². The van der Waals surface area contributed by atoms with Crippen LogP contribution in [0.2, 0.25) is 0 Å². The Kier molecular flexibility index (Phi) is 4.79. The van der Waals surface area contributed by atoms with E-state index in [0.29, 0.717) is 6.42 Å². The molecule has 1 heterocycles. The van der Waals surface area contributed by atoms with E-state index in [2.05, 4.69) is 23.5 Å². The summed E-state index contributed by atoms with van der Waals surface area (Å²) in [5.41, 5.74) is 10.1. The van der Waals surface area contributed by atoms with Crippen molar-refractivity contribution in [3.63, 3.8) is 0 Å². The molecule has 1 aromatic rings. The molecule has 2 aliphatic rings. The molecule has 22 heavy (non-hydrogen) atoms. The molecule has 3 N–H and O–H groups in total. The van der Waals surface area contributed by atoms with E-state index in [0.717, 1.165) is 44.3 Å². The summed E-state index contributed by atoms with van der Waals surface area (Å²) in [6, 6.07) is 6.57. The molecular formula is C18H26N2O2. The van der Waals surface area contributed by atoms with Gasteiger partial charge in [-0.2, -0.15) is 0 Å². The Hall–Kier alpha value is -1.39. The first-order valence-electron chi connectivity index (χ1n) is 8.48. The van der Waals surface area contributed by atoms with Gasteiger partial charge in [0.15, 0.2) is 0 Å². The number of fused-ring (bicyclic) bond motifs is 1. The molecule has 0 aromatic heterocycles. The van der Waals surface area contributed by atoms with E-state index in [1.54, 1.807) is 0 Å². The Morgan fingerprint density at radius 1 is 1.41 bits per heavy atom. The van der Waals surface area contributed by atoms with Crippen LogP contribution in [0.25, 0.3) is 0 Å². The Bertz CT molecular complexity index is 538. The maximum atomic E-state index is 11.8. The van der Waals surface area contributed by atoms with Crippen LogP contribution in [0.1, 0.15) is 67.8 Å². The molecule has 1 saturated heterocycles. The number of rotatable bonds is 4. The molecule has 3 atom stereocenters. The van der Waals surface area contributed by atoms with E-state index < -0.39 is 0 Å². The summed E-state index contributed by atoms with van der Waals surface area (Å²) in [5.74, 6) is 0.117. The second-order valence-electron chi connectivity index (χ2n) is 6.40. The zero-order chi connectivity index (χ0) is 15.5. The summed E-state index contributed by atoms with van der Waals surface area (Å²) in [5, 5.41) is 3.15. The van der Waals surface area contributed by atoms with Crippen LogP contribution >= 0.6 is 0 Å². The zero-order valence-electron chi connectivity index (χ0n) is 13.3.